The zero-order valence-corrected chi connectivity index (χ0v) is 16.3. The molecule has 3 rings (SSSR count). The van der Waals surface area contributed by atoms with E-state index < -0.39 is 5.97 Å². The zero-order chi connectivity index (χ0) is 18.7. The van der Waals surface area contributed by atoms with E-state index in [-0.39, 0.29) is 0 Å². The first-order chi connectivity index (χ1) is 12.6. The van der Waals surface area contributed by atoms with E-state index in [4.69, 9.17) is 14.2 Å². The fourth-order valence-electron chi connectivity index (χ4n) is 2.89. The molecule has 0 aliphatic carbocycles. The predicted octanol–water partition coefficient (Wildman–Crippen LogP) is 4.60. The maximum Gasteiger partial charge on any atom is 0.357 e. The fraction of sp³-hybridized carbons (Fsp3) is 0.200. The average Bonchev–Trinajstić information content (AvgIpc) is 2.71. The van der Waals surface area contributed by atoms with Gasteiger partial charge in [-0.3, -0.25) is 0 Å². The molecule has 1 aromatic heterocycles. The smallest absolute Gasteiger partial charge is 0.357 e. The monoisotopic (exact) mass is 415 g/mol. The molecule has 0 saturated carbocycles. The lowest BCUT2D eigenvalue weighted by molar-refractivity contribution is 0.0593. The minimum atomic E-state index is -0.466. The van der Waals surface area contributed by atoms with Crippen LogP contribution >= 0.6 is 15.9 Å². The molecule has 5 nitrogen and oxygen atoms in total. The lowest BCUT2D eigenvalue weighted by Gasteiger charge is -2.16. The lowest BCUT2D eigenvalue weighted by Crippen LogP contribution is -2.10. The molecule has 0 radical (unpaired) electrons. The van der Waals surface area contributed by atoms with Gasteiger partial charge in [0.1, 0.15) is 11.5 Å². The number of rotatable bonds is 5. The van der Waals surface area contributed by atoms with Crippen LogP contribution in [0.1, 0.15) is 16.1 Å². The zero-order valence-electron chi connectivity index (χ0n) is 14.7. The number of carbonyl (C=O) groups excluding carboxylic acids is 1. The van der Waals surface area contributed by atoms with E-state index in [0.717, 1.165) is 33.6 Å². The van der Waals surface area contributed by atoms with Gasteiger partial charge in [-0.25, -0.2) is 9.78 Å². The van der Waals surface area contributed by atoms with Gasteiger partial charge in [0.15, 0.2) is 5.69 Å². The molecule has 0 fully saturated rings. The maximum atomic E-state index is 12.3. The summed E-state index contributed by atoms with van der Waals surface area (Å²) < 4.78 is 15.6. The number of esters is 1. The SMILES string of the molecule is COC(=O)c1nc2ccc(OC)cc2c(-c2ccc(OC)cc2)c1CBr. The first-order valence-corrected chi connectivity index (χ1v) is 9.04. The van der Waals surface area contributed by atoms with Crippen molar-refractivity contribution in [3.63, 3.8) is 0 Å². The number of hydrogen-bond acceptors (Lipinski definition) is 5. The van der Waals surface area contributed by atoms with E-state index in [1.165, 1.54) is 7.11 Å². The largest absolute Gasteiger partial charge is 0.497 e. The summed E-state index contributed by atoms with van der Waals surface area (Å²) in [4.78, 5) is 16.8. The molecule has 0 atom stereocenters. The molecule has 6 heteroatoms. The Balaban J connectivity index is 2.38. The van der Waals surface area contributed by atoms with Crippen LogP contribution in [-0.4, -0.2) is 32.3 Å². The molecule has 0 N–H and O–H groups in total. The molecule has 0 saturated heterocycles. The Morgan fingerprint density at radius 3 is 2.23 bits per heavy atom. The van der Waals surface area contributed by atoms with Gasteiger partial charge in [0.2, 0.25) is 0 Å². The first-order valence-electron chi connectivity index (χ1n) is 7.92. The number of carbonyl (C=O) groups is 1. The lowest BCUT2D eigenvalue weighted by atomic mass is 9.94. The Bertz CT molecular complexity index is 954. The second kappa shape index (κ2) is 7.74. The maximum absolute atomic E-state index is 12.3. The third-order valence-electron chi connectivity index (χ3n) is 4.18. The van der Waals surface area contributed by atoms with Crippen LogP contribution in [0.5, 0.6) is 11.5 Å². The molecular weight excluding hydrogens is 398 g/mol. The molecule has 0 unspecified atom stereocenters. The Kier molecular flexibility index (Phi) is 5.42. The van der Waals surface area contributed by atoms with Crippen LogP contribution in [-0.2, 0) is 10.1 Å². The highest BCUT2D eigenvalue weighted by atomic mass is 79.9. The van der Waals surface area contributed by atoms with E-state index in [0.29, 0.717) is 16.5 Å². The molecule has 0 amide bonds. The summed E-state index contributed by atoms with van der Waals surface area (Å²) >= 11 is 3.50. The highest BCUT2D eigenvalue weighted by Gasteiger charge is 2.21. The Morgan fingerprint density at radius 1 is 1.00 bits per heavy atom. The van der Waals surface area contributed by atoms with Crippen molar-refractivity contribution in [2.45, 2.75) is 5.33 Å². The van der Waals surface area contributed by atoms with Crippen molar-refractivity contribution in [2.24, 2.45) is 0 Å². The van der Waals surface area contributed by atoms with Crippen molar-refractivity contribution in [1.82, 2.24) is 4.98 Å². The van der Waals surface area contributed by atoms with Crippen LogP contribution in [0.3, 0.4) is 0 Å². The summed E-state index contributed by atoms with van der Waals surface area (Å²) in [6.45, 7) is 0. The van der Waals surface area contributed by atoms with Crippen LogP contribution in [0.25, 0.3) is 22.0 Å². The second-order valence-electron chi connectivity index (χ2n) is 5.55. The number of pyridine rings is 1. The van der Waals surface area contributed by atoms with Gasteiger partial charge >= 0.3 is 5.97 Å². The van der Waals surface area contributed by atoms with E-state index >= 15 is 0 Å². The molecule has 1 heterocycles. The molecule has 3 aromatic rings. The van der Waals surface area contributed by atoms with Crippen LogP contribution in [0.15, 0.2) is 42.5 Å². The van der Waals surface area contributed by atoms with Gasteiger partial charge in [0, 0.05) is 16.3 Å². The summed E-state index contributed by atoms with van der Waals surface area (Å²) in [7, 11) is 4.60. The normalized spacial score (nSPS) is 10.6. The molecule has 0 bridgehead atoms. The van der Waals surface area contributed by atoms with E-state index in [1.54, 1.807) is 14.2 Å². The van der Waals surface area contributed by atoms with Crippen molar-refractivity contribution in [2.75, 3.05) is 21.3 Å². The standard InChI is InChI=1S/C20H18BrNO4/c1-24-13-6-4-12(5-7-13)18-15-10-14(25-2)8-9-17(15)22-19(16(18)11-21)20(23)26-3/h4-10H,11H2,1-3H3. The van der Waals surface area contributed by atoms with E-state index in [9.17, 15) is 4.79 Å². The first kappa shape index (κ1) is 18.2. The third-order valence-corrected chi connectivity index (χ3v) is 4.74. The summed E-state index contributed by atoms with van der Waals surface area (Å²) in [6.07, 6.45) is 0. The molecule has 134 valence electrons. The topological polar surface area (TPSA) is 57.7 Å². The highest BCUT2D eigenvalue weighted by molar-refractivity contribution is 9.08. The van der Waals surface area contributed by atoms with E-state index in [2.05, 4.69) is 20.9 Å². The van der Waals surface area contributed by atoms with Gasteiger partial charge in [-0.1, -0.05) is 28.1 Å². The van der Waals surface area contributed by atoms with Gasteiger partial charge in [-0.15, -0.1) is 0 Å². The minimum absolute atomic E-state index is 0.299. The number of methoxy groups -OCH3 is 3. The van der Waals surface area contributed by atoms with Gasteiger partial charge in [0.05, 0.1) is 26.8 Å². The van der Waals surface area contributed by atoms with Gasteiger partial charge < -0.3 is 14.2 Å². The Morgan fingerprint density at radius 2 is 1.65 bits per heavy atom. The van der Waals surface area contributed by atoms with Crippen molar-refractivity contribution < 1.29 is 19.0 Å². The number of fused-ring (bicyclic) bond motifs is 1. The van der Waals surface area contributed by atoms with Crippen LogP contribution in [0.4, 0.5) is 0 Å². The summed E-state index contributed by atoms with van der Waals surface area (Å²) in [5.74, 6) is 1.02. The molecule has 0 spiro atoms. The predicted molar refractivity (Wildman–Crippen MR) is 104 cm³/mol. The van der Waals surface area contributed by atoms with Crippen molar-refractivity contribution in [1.29, 1.82) is 0 Å². The number of aromatic nitrogens is 1. The summed E-state index contributed by atoms with van der Waals surface area (Å²) in [5.41, 5.74) is 3.62. The highest BCUT2D eigenvalue weighted by Crippen LogP contribution is 2.37. The number of hydrogen-bond donors (Lipinski definition) is 0. The number of ether oxygens (including phenoxy) is 3. The molecule has 0 aliphatic rings. The molecule has 26 heavy (non-hydrogen) atoms. The third kappa shape index (κ3) is 3.24. The number of halogens is 1. The molecule has 0 aliphatic heterocycles. The minimum Gasteiger partial charge on any atom is -0.497 e. The summed E-state index contributed by atoms with van der Waals surface area (Å²) in [6, 6.07) is 13.3. The van der Waals surface area contributed by atoms with Crippen LogP contribution < -0.4 is 9.47 Å². The van der Waals surface area contributed by atoms with Crippen molar-refractivity contribution in [3.05, 3.63) is 53.7 Å². The fourth-order valence-corrected chi connectivity index (χ4v) is 3.44. The number of nitrogens with zero attached hydrogens (tertiary/aromatic N) is 1. The Labute approximate surface area is 160 Å². The van der Waals surface area contributed by atoms with Crippen LogP contribution in [0.2, 0.25) is 0 Å². The molecule has 2 aromatic carbocycles. The van der Waals surface area contributed by atoms with Crippen molar-refractivity contribution in [3.8, 4) is 22.6 Å². The Hall–Kier alpha value is -2.60. The number of benzene rings is 2. The average molecular weight is 416 g/mol. The second-order valence-corrected chi connectivity index (χ2v) is 6.11. The summed E-state index contributed by atoms with van der Waals surface area (Å²) in [5, 5.41) is 1.36. The van der Waals surface area contributed by atoms with Gasteiger partial charge in [0.25, 0.3) is 0 Å². The van der Waals surface area contributed by atoms with Crippen molar-refractivity contribution >= 4 is 32.8 Å². The van der Waals surface area contributed by atoms with Crippen LogP contribution in [0, 0.1) is 0 Å². The van der Waals surface area contributed by atoms with E-state index in [1.807, 2.05) is 42.5 Å². The van der Waals surface area contributed by atoms with Gasteiger partial charge in [-0.05, 0) is 41.5 Å². The number of alkyl halides is 1. The van der Waals surface area contributed by atoms with Gasteiger partial charge in [-0.2, -0.15) is 0 Å². The quantitative estimate of drug-likeness (QED) is 0.450. The molecular formula is C20H18BrNO4.